The Labute approximate surface area is 227 Å². The fraction of sp³-hybridized carbons (Fsp3) is 0.920. The highest BCUT2D eigenvalue weighted by atomic mass is 35.6. The zero-order chi connectivity index (χ0) is 26.2. The second-order valence-corrected chi connectivity index (χ2v) is 11.0. The van der Waals surface area contributed by atoms with Gasteiger partial charge in [0.05, 0.1) is 0 Å². The molecular weight excluding hydrogens is 517 g/mol. The maximum Gasteiger partial charge on any atom is 0.511 e. The van der Waals surface area contributed by atoms with E-state index in [1.165, 1.54) is 97.0 Å². The van der Waals surface area contributed by atoms with E-state index in [1.54, 1.807) is 0 Å². The van der Waals surface area contributed by atoms with Crippen LogP contribution in [0.3, 0.4) is 0 Å². The lowest BCUT2D eigenvalue weighted by Gasteiger charge is -2.17. The van der Waals surface area contributed by atoms with E-state index in [9.17, 15) is 9.59 Å². The van der Waals surface area contributed by atoms with Crippen molar-refractivity contribution >= 4 is 47.1 Å². The molecule has 35 heavy (non-hydrogen) atoms. The average Bonchev–Trinajstić information content (AvgIpc) is 2.80. The molecular formula is C25H46Cl3NO6. The molecule has 1 unspecified atom stereocenters. The fourth-order valence-electron chi connectivity index (χ4n) is 3.55. The maximum absolute atomic E-state index is 11.8. The standard InChI is InChI=1S/C25H46Cl3NO6/c1-3-4-5-6-7-8-9-10-11-12-13-14-15-16-17-18-19-29-23(30)33-20-22(32-2)21-34-24(31)35-25(26,27)28/h22H,3-21H2,1-2H3,(H,29,30). The van der Waals surface area contributed by atoms with Gasteiger partial charge in [0.25, 0.3) is 0 Å². The Kier molecular flexibility index (Phi) is 23.3. The van der Waals surface area contributed by atoms with Crippen molar-refractivity contribution in [3.8, 4) is 0 Å². The molecule has 0 bridgehead atoms. The zero-order valence-electron chi connectivity index (χ0n) is 21.6. The number of alkyl carbamates (subject to hydrolysis) is 1. The largest absolute Gasteiger partial charge is 0.511 e. The molecule has 0 heterocycles. The third kappa shape index (κ3) is 26.2. The second-order valence-electron chi connectivity index (χ2n) is 8.80. The minimum Gasteiger partial charge on any atom is -0.447 e. The van der Waals surface area contributed by atoms with Gasteiger partial charge in [-0.25, -0.2) is 9.59 Å². The van der Waals surface area contributed by atoms with Crippen molar-refractivity contribution in [1.29, 1.82) is 0 Å². The van der Waals surface area contributed by atoms with Crippen molar-refractivity contribution in [2.45, 2.75) is 120 Å². The Bertz CT molecular complexity index is 520. The molecule has 0 aromatic rings. The number of halogens is 3. The van der Waals surface area contributed by atoms with Gasteiger partial charge in [-0.1, -0.05) is 103 Å². The van der Waals surface area contributed by atoms with Crippen LogP contribution >= 0.6 is 34.8 Å². The Morgan fingerprint density at radius 2 is 1.14 bits per heavy atom. The number of alkyl halides is 3. The van der Waals surface area contributed by atoms with Crippen LogP contribution in [0.25, 0.3) is 0 Å². The Morgan fingerprint density at radius 3 is 1.57 bits per heavy atom. The molecule has 0 rings (SSSR count). The summed E-state index contributed by atoms with van der Waals surface area (Å²) in [7, 11) is 1.39. The molecule has 0 aliphatic carbocycles. The van der Waals surface area contributed by atoms with Gasteiger partial charge in [0, 0.05) is 13.7 Å². The number of unbranched alkanes of at least 4 members (excludes halogenated alkanes) is 15. The van der Waals surface area contributed by atoms with Gasteiger partial charge in [-0.15, -0.1) is 0 Å². The predicted molar refractivity (Wildman–Crippen MR) is 142 cm³/mol. The molecule has 208 valence electrons. The highest BCUT2D eigenvalue weighted by molar-refractivity contribution is 6.66. The summed E-state index contributed by atoms with van der Waals surface area (Å²) in [4.78, 5) is 23.1. The van der Waals surface area contributed by atoms with Crippen molar-refractivity contribution in [2.75, 3.05) is 26.9 Å². The smallest absolute Gasteiger partial charge is 0.447 e. The van der Waals surface area contributed by atoms with Gasteiger partial charge in [0.1, 0.15) is 19.3 Å². The Hall–Kier alpha value is -0.630. The highest BCUT2D eigenvalue weighted by Crippen LogP contribution is 2.27. The predicted octanol–water partition coefficient (Wildman–Crippen LogP) is 8.47. The summed E-state index contributed by atoms with van der Waals surface area (Å²) in [6.07, 6.45) is 18.5. The van der Waals surface area contributed by atoms with Crippen LogP contribution in [0, 0.1) is 0 Å². The fourth-order valence-corrected chi connectivity index (χ4v) is 3.74. The van der Waals surface area contributed by atoms with Gasteiger partial charge in [-0.3, -0.25) is 0 Å². The first-order chi connectivity index (χ1) is 16.8. The molecule has 1 atom stereocenters. The number of methoxy groups -OCH3 is 1. The van der Waals surface area contributed by atoms with Gasteiger partial charge in [0.2, 0.25) is 0 Å². The molecule has 0 fully saturated rings. The molecule has 0 aliphatic rings. The maximum atomic E-state index is 11.8. The van der Waals surface area contributed by atoms with Gasteiger partial charge < -0.3 is 24.3 Å². The van der Waals surface area contributed by atoms with Gasteiger partial charge in [-0.2, -0.15) is 0 Å². The number of hydrogen-bond acceptors (Lipinski definition) is 6. The van der Waals surface area contributed by atoms with Crippen LogP contribution in [0.2, 0.25) is 0 Å². The first kappa shape index (κ1) is 34.4. The number of carbonyl (C=O) groups excluding carboxylic acids is 2. The first-order valence-electron chi connectivity index (χ1n) is 13.1. The Morgan fingerprint density at radius 1 is 0.714 bits per heavy atom. The molecule has 0 aromatic heterocycles. The number of amides is 1. The minimum absolute atomic E-state index is 0.0949. The zero-order valence-corrected chi connectivity index (χ0v) is 23.9. The monoisotopic (exact) mass is 561 g/mol. The molecule has 0 aromatic carbocycles. The summed E-state index contributed by atoms with van der Waals surface area (Å²) in [6, 6.07) is 0. The lowest BCUT2D eigenvalue weighted by molar-refractivity contribution is -0.0233. The van der Waals surface area contributed by atoms with Crippen molar-refractivity contribution in [3.63, 3.8) is 0 Å². The lowest BCUT2D eigenvalue weighted by Crippen LogP contribution is -2.32. The van der Waals surface area contributed by atoms with Crippen LogP contribution in [0.5, 0.6) is 0 Å². The minimum atomic E-state index is -2.21. The van der Waals surface area contributed by atoms with E-state index in [0.717, 1.165) is 12.8 Å². The topological polar surface area (TPSA) is 83.1 Å². The summed E-state index contributed by atoms with van der Waals surface area (Å²) in [6.45, 7) is 2.51. The summed E-state index contributed by atoms with van der Waals surface area (Å²) in [5.41, 5.74) is 0. The van der Waals surface area contributed by atoms with Crippen LogP contribution in [0.4, 0.5) is 9.59 Å². The van der Waals surface area contributed by atoms with Crippen LogP contribution in [0.15, 0.2) is 0 Å². The number of nitrogens with one attached hydrogen (secondary N) is 1. The van der Waals surface area contributed by atoms with E-state index in [1.807, 2.05) is 0 Å². The third-order valence-electron chi connectivity index (χ3n) is 5.62. The quantitative estimate of drug-likeness (QED) is 0.0809. The summed E-state index contributed by atoms with van der Waals surface area (Å²) in [5.74, 6) is 0. The van der Waals surface area contributed by atoms with Gasteiger partial charge >= 0.3 is 16.2 Å². The molecule has 1 N–H and O–H groups in total. The molecule has 10 heteroatoms. The Balaban J connectivity index is 3.47. The summed E-state index contributed by atoms with van der Waals surface area (Å²) in [5, 5.41) is 2.71. The lowest BCUT2D eigenvalue weighted by atomic mass is 10.0. The highest BCUT2D eigenvalue weighted by Gasteiger charge is 2.27. The normalized spacial score (nSPS) is 12.3. The van der Waals surface area contributed by atoms with Crippen LogP contribution in [0.1, 0.15) is 110 Å². The average molecular weight is 563 g/mol. The van der Waals surface area contributed by atoms with E-state index >= 15 is 0 Å². The first-order valence-corrected chi connectivity index (χ1v) is 14.3. The third-order valence-corrected chi connectivity index (χ3v) is 5.85. The molecule has 7 nitrogen and oxygen atoms in total. The van der Waals surface area contributed by atoms with Crippen molar-refractivity contribution < 1.29 is 28.5 Å². The molecule has 1 amide bonds. The van der Waals surface area contributed by atoms with Crippen molar-refractivity contribution in [3.05, 3.63) is 0 Å². The van der Waals surface area contributed by atoms with E-state index in [2.05, 4.69) is 17.0 Å². The second kappa shape index (κ2) is 23.7. The van der Waals surface area contributed by atoms with E-state index in [0.29, 0.717) is 6.54 Å². The molecule has 0 aliphatic heterocycles. The van der Waals surface area contributed by atoms with Crippen LogP contribution in [-0.4, -0.2) is 49.2 Å². The SMILES string of the molecule is CCCCCCCCCCCCCCCCCCNC(=O)OCC(COC(=O)OC(Cl)(Cl)Cl)OC. The van der Waals surface area contributed by atoms with E-state index in [4.69, 9.17) is 49.0 Å². The number of rotatable bonds is 22. The van der Waals surface area contributed by atoms with Crippen LogP contribution < -0.4 is 5.32 Å². The number of hydrogen-bond donors (Lipinski definition) is 1. The molecule has 0 spiro atoms. The molecule has 0 saturated heterocycles. The van der Waals surface area contributed by atoms with E-state index in [-0.39, 0.29) is 13.2 Å². The van der Waals surface area contributed by atoms with Gasteiger partial charge in [0.15, 0.2) is 0 Å². The van der Waals surface area contributed by atoms with Crippen molar-refractivity contribution in [2.24, 2.45) is 0 Å². The molecule has 0 radical (unpaired) electrons. The summed E-state index contributed by atoms with van der Waals surface area (Å²) < 4.78 is 17.1. The number of ether oxygens (including phenoxy) is 4. The van der Waals surface area contributed by atoms with Crippen LogP contribution in [-0.2, 0) is 18.9 Å². The molecule has 0 saturated carbocycles. The van der Waals surface area contributed by atoms with Gasteiger partial charge in [-0.05, 0) is 41.2 Å². The van der Waals surface area contributed by atoms with E-state index < -0.39 is 22.3 Å². The van der Waals surface area contributed by atoms with Crippen molar-refractivity contribution in [1.82, 2.24) is 5.32 Å². The number of carbonyl (C=O) groups is 2. The summed E-state index contributed by atoms with van der Waals surface area (Å²) >= 11 is 16.0.